The SMILES string of the molecule is O=C(O)c1cc[c]([Ni])cc1. The van der Waals surface area contributed by atoms with Gasteiger partial charge in [0.15, 0.2) is 0 Å². The van der Waals surface area contributed by atoms with E-state index < -0.39 is 5.97 Å². The summed E-state index contributed by atoms with van der Waals surface area (Å²) in [5.41, 5.74) is 0.279. The van der Waals surface area contributed by atoms with Gasteiger partial charge in [-0.25, -0.2) is 0 Å². The van der Waals surface area contributed by atoms with Crippen LogP contribution in [0.3, 0.4) is 0 Å². The Kier molecular flexibility index (Phi) is 2.07. The number of hydrogen-bond acceptors (Lipinski definition) is 1. The molecule has 0 radical (unpaired) electrons. The number of hydrogen-bond donors (Lipinski definition) is 1. The number of aromatic carboxylic acids is 1. The molecule has 0 aromatic heterocycles. The van der Waals surface area contributed by atoms with E-state index in [0.29, 0.717) is 4.53 Å². The van der Waals surface area contributed by atoms with Crippen LogP contribution in [0.2, 0.25) is 0 Å². The Morgan fingerprint density at radius 1 is 1.30 bits per heavy atom. The summed E-state index contributed by atoms with van der Waals surface area (Å²) in [6.07, 6.45) is 0. The first-order valence-electron chi connectivity index (χ1n) is 2.66. The fraction of sp³-hybridized carbons (Fsp3) is 0. The predicted molar refractivity (Wildman–Crippen MR) is 33.0 cm³/mol. The van der Waals surface area contributed by atoms with E-state index in [1.165, 1.54) is 12.1 Å². The van der Waals surface area contributed by atoms with E-state index in [1.807, 2.05) is 0 Å². The molecule has 1 aromatic carbocycles. The van der Waals surface area contributed by atoms with E-state index in [4.69, 9.17) is 5.11 Å². The average molecular weight is 180 g/mol. The van der Waals surface area contributed by atoms with E-state index in [1.54, 1.807) is 12.1 Å². The molecule has 1 N–H and O–H groups in total. The first-order valence-corrected chi connectivity index (χ1v) is 3.15. The van der Waals surface area contributed by atoms with Crippen LogP contribution in [0.15, 0.2) is 24.3 Å². The molecule has 0 aliphatic carbocycles. The molecule has 55 valence electrons. The van der Waals surface area contributed by atoms with E-state index in [2.05, 4.69) is 15.5 Å². The molecule has 0 unspecified atom stereocenters. The van der Waals surface area contributed by atoms with Gasteiger partial charge in [0.2, 0.25) is 0 Å². The first-order chi connectivity index (χ1) is 4.70. The maximum atomic E-state index is 10.3. The molecule has 0 atom stereocenters. The molecular weight excluding hydrogens is 175 g/mol. The van der Waals surface area contributed by atoms with Crippen molar-refractivity contribution in [2.45, 2.75) is 0 Å². The molecule has 10 heavy (non-hydrogen) atoms. The van der Waals surface area contributed by atoms with Crippen LogP contribution in [0.5, 0.6) is 0 Å². The van der Waals surface area contributed by atoms with Crippen LogP contribution in [0.1, 0.15) is 10.4 Å². The third kappa shape index (κ3) is 1.58. The molecule has 0 saturated carbocycles. The van der Waals surface area contributed by atoms with Gasteiger partial charge in [-0.2, -0.15) is 0 Å². The molecule has 0 bridgehead atoms. The Morgan fingerprint density at radius 3 is 2.20 bits per heavy atom. The van der Waals surface area contributed by atoms with Crippen molar-refractivity contribution in [3.8, 4) is 0 Å². The van der Waals surface area contributed by atoms with Gasteiger partial charge in [-0.1, -0.05) is 0 Å². The molecule has 2 nitrogen and oxygen atoms in total. The van der Waals surface area contributed by atoms with E-state index in [0.717, 1.165) is 0 Å². The fourth-order valence-corrected chi connectivity index (χ4v) is 0.747. The first kappa shape index (κ1) is 7.29. The summed E-state index contributed by atoms with van der Waals surface area (Å²) in [5, 5.41) is 8.45. The Morgan fingerprint density at radius 2 is 1.80 bits per heavy atom. The van der Waals surface area contributed by atoms with Gasteiger partial charge < -0.3 is 0 Å². The Balaban J connectivity index is 3.00. The molecule has 0 fully saturated rings. The Labute approximate surface area is 66.2 Å². The molecule has 0 aliphatic heterocycles. The quantitative estimate of drug-likeness (QED) is 0.640. The molecule has 0 spiro atoms. The van der Waals surface area contributed by atoms with Crippen LogP contribution < -0.4 is 4.53 Å². The predicted octanol–water partition coefficient (Wildman–Crippen LogP) is 0.557. The third-order valence-electron chi connectivity index (χ3n) is 1.07. The van der Waals surface area contributed by atoms with Gasteiger partial charge in [-0.05, 0) is 0 Å². The number of rotatable bonds is 1. The van der Waals surface area contributed by atoms with Crippen LogP contribution in [-0.2, 0) is 15.5 Å². The summed E-state index contributed by atoms with van der Waals surface area (Å²) in [6.45, 7) is 0. The zero-order valence-electron chi connectivity index (χ0n) is 4.98. The van der Waals surface area contributed by atoms with Crippen molar-refractivity contribution >= 4 is 10.5 Å². The molecule has 1 aromatic rings. The van der Waals surface area contributed by atoms with Crippen molar-refractivity contribution in [1.29, 1.82) is 0 Å². The van der Waals surface area contributed by atoms with Gasteiger partial charge in [0.25, 0.3) is 0 Å². The maximum absolute atomic E-state index is 10.3. The number of carboxylic acids is 1. The van der Waals surface area contributed by atoms with Crippen molar-refractivity contribution in [1.82, 2.24) is 0 Å². The monoisotopic (exact) mass is 179 g/mol. The van der Waals surface area contributed by atoms with Crippen LogP contribution in [0.25, 0.3) is 0 Å². The Bertz CT molecular complexity index is 240. The van der Waals surface area contributed by atoms with Gasteiger partial charge in [0.1, 0.15) is 0 Å². The molecular formula is C7H5NiO2. The van der Waals surface area contributed by atoms with Crippen molar-refractivity contribution in [3.63, 3.8) is 0 Å². The van der Waals surface area contributed by atoms with Gasteiger partial charge >= 0.3 is 65.7 Å². The normalized spacial score (nSPS) is 9.40. The molecule has 0 amide bonds. The number of carbonyl (C=O) groups is 1. The van der Waals surface area contributed by atoms with Crippen LogP contribution in [-0.4, -0.2) is 11.1 Å². The van der Waals surface area contributed by atoms with E-state index in [9.17, 15) is 4.79 Å². The number of carboxylic acid groups (broad SMARTS) is 1. The van der Waals surface area contributed by atoms with E-state index in [-0.39, 0.29) is 5.56 Å². The second kappa shape index (κ2) is 2.84. The third-order valence-corrected chi connectivity index (χ3v) is 1.40. The van der Waals surface area contributed by atoms with Gasteiger partial charge in [-0.15, -0.1) is 0 Å². The zero-order valence-corrected chi connectivity index (χ0v) is 5.97. The van der Waals surface area contributed by atoms with E-state index >= 15 is 0 Å². The molecule has 3 heteroatoms. The standard InChI is InChI=1S/C7H5O2.Ni/c8-7(9)6-4-2-1-3-5-6;/h2-5H,(H,8,9);. The fourth-order valence-electron chi connectivity index (χ4n) is 0.582. The van der Waals surface area contributed by atoms with Crippen molar-refractivity contribution in [2.75, 3.05) is 0 Å². The molecule has 0 saturated heterocycles. The van der Waals surface area contributed by atoms with Crippen molar-refractivity contribution in [2.24, 2.45) is 0 Å². The molecule has 0 aliphatic rings. The Hall–Kier alpha value is -0.816. The van der Waals surface area contributed by atoms with Crippen LogP contribution in [0, 0.1) is 0 Å². The summed E-state index contributed by atoms with van der Waals surface area (Å²) in [5.74, 6) is -0.917. The zero-order chi connectivity index (χ0) is 7.56. The molecule has 0 heterocycles. The number of benzene rings is 1. The van der Waals surface area contributed by atoms with Gasteiger partial charge in [0, 0.05) is 0 Å². The summed E-state index contributed by atoms with van der Waals surface area (Å²) in [4.78, 5) is 10.3. The van der Waals surface area contributed by atoms with Crippen LogP contribution >= 0.6 is 0 Å². The van der Waals surface area contributed by atoms with Crippen molar-refractivity contribution in [3.05, 3.63) is 29.8 Å². The summed E-state index contributed by atoms with van der Waals surface area (Å²) in [7, 11) is 0. The summed E-state index contributed by atoms with van der Waals surface area (Å²) in [6, 6.07) is 6.23. The summed E-state index contributed by atoms with van der Waals surface area (Å²) >= 11 is 4.48. The summed E-state index contributed by atoms with van der Waals surface area (Å²) < 4.78 is 0.699. The van der Waals surface area contributed by atoms with Crippen molar-refractivity contribution < 1.29 is 25.4 Å². The van der Waals surface area contributed by atoms with Gasteiger partial charge in [0.05, 0.1) is 0 Å². The second-order valence-electron chi connectivity index (χ2n) is 1.78. The molecule has 1 rings (SSSR count). The van der Waals surface area contributed by atoms with Gasteiger partial charge in [-0.3, -0.25) is 0 Å². The van der Waals surface area contributed by atoms with Crippen LogP contribution in [0.4, 0.5) is 0 Å². The second-order valence-corrected chi connectivity index (χ2v) is 2.35. The average Bonchev–Trinajstić information content (AvgIpc) is 1.88. The minimum absolute atomic E-state index is 0.279. The minimum atomic E-state index is -0.917. The topological polar surface area (TPSA) is 37.3 Å².